The van der Waals surface area contributed by atoms with Crippen molar-refractivity contribution in [2.24, 2.45) is 0 Å². The zero-order valence-electron chi connectivity index (χ0n) is 14.7. The highest BCUT2D eigenvalue weighted by Crippen LogP contribution is 2.25. The monoisotopic (exact) mass is 398 g/mol. The van der Waals surface area contributed by atoms with Gasteiger partial charge in [0.25, 0.3) is 0 Å². The minimum absolute atomic E-state index is 0.0134. The molecule has 3 nitrogen and oxygen atoms in total. The van der Waals surface area contributed by atoms with E-state index in [1.165, 1.54) is 30.3 Å². The van der Waals surface area contributed by atoms with E-state index in [0.717, 1.165) is 12.1 Å². The number of carbonyl (C=O) groups excluding carboxylic acids is 1. The van der Waals surface area contributed by atoms with Crippen molar-refractivity contribution in [1.82, 2.24) is 0 Å². The van der Waals surface area contributed by atoms with Crippen molar-refractivity contribution in [1.29, 1.82) is 0 Å². The normalized spacial score (nSPS) is 11.6. The van der Waals surface area contributed by atoms with Gasteiger partial charge in [0, 0.05) is 18.1 Å². The van der Waals surface area contributed by atoms with Crippen LogP contribution in [0, 0.1) is 11.6 Å². The Morgan fingerprint density at radius 2 is 1.57 bits per heavy atom. The zero-order chi connectivity index (χ0) is 20.1. The van der Waals surface area contributed by atoms with E-state index in [0.29, 0.717) is 17.4 Å². The van der Waals surface area contributed by atoms with E-state index in [4.69, 9.17) is 0 Å². The van der Waals surface area contributed by atoms with E-state index in [1.54, 1.807) is 36.4 Å². The van der Waals surface area contributed by atoms with Gasteiger partial charge in [0.05, 0.1) is 9.79 Å². The number of carbonyl (C=O) groups is 1. The average Bonchev–Trinajstić information content (AvgIpc) is 2.68. The van der Waals surface area contributed by atoms with Gasteiger partial charge in [-0.1, -0.05) is 42.5 Å². The molecule has 0 amide bonds. The fourth-order valence-corrected chi connectivity index (χ4v) is 4.23. The third-order valence-corrected chi connectivity index (χ3v) is 6.04. The van der Waals surface area contributed by atoms with Crippen molar-refractivity contribution >= 4 is 28.3 Å². The average molecular weight is 398 g/mol. The summed E-state index contributed by atoms with van der Waals surface area (Å²) in [7, 11) is -3.77. The summed E-state index contributed by atoms with van der Waals surface area (Å²) in [5.41, 5.74) is 1.32. The fraction of sp³-hybridized carbons (Fsp3) is 0.0455. The van der Waals surface area contributed by atoms with Crippen molar-refractivity contribution in [3.63, 3.8) is 0 Å². The Labute approximate surface area is 161 Å². The predicted octanol–water partition coefficient (Wildman–Crippen LogP) is 4.71. The van der Waals surface area contributed by atoms with Crippen LogP contribution in [0.15, 0.2) is 76.5 Å². The van der Waals surface area contributed by atoms with Crippen LogP contribution in [0.1, 0.15) is 16.7 Å². The number of rotatable bonds is 6. The minimum atomic E-state index is -3.77. The molecule has 0 aliphatic carbocycles. The lowest BCUT2D eigenvalue weighted by Crippen LogP contribution is -2.06. The van der Waals surface area contributed by atoms with E-state index < -0.39 is 21.5 Å². The van der Waals surface area contributed by atoms with Gasteiger partial charge in [-0.3, -0.25) is 0 Å². The van der Waals surface area contributed by atoms with Gasteiger partial charge < -0.3 is 4.79 Å². The Bertz CT molecular complexity index is 1130. The summed E-state index contributed by atoms with van der Waals surface area (Å²) in [4.78, 5) is 11.0. The van der Waals surface area contributed by atoms with Gasteiger partial charge in [0.1, 0.15) is 17.9 Å². The molecule has 0 aliphatic rings. The smallest absolute Gasteiger partial charge is 0.206 e. The highest BCUT2D eigenvalue weighted by molar-refractivity contribution is 7.91. The summed E-state index contributed by atoms with van der Waals surface area (Å²) in [6.45, 7) is 0. The summed E-state index contributed by atoms with van der Waals surface area (Å²) >= 11 is 0. The van der Waals surface area contributed by atoms with E-state index in [-0.39, 0.29) is 21.8 Å². The maximum atomic E-state index is 13.7. The molecule has 0 saturated heterocycles. The quantitative estimate of drug-likeness (QED) is 0.446. The summed E-state index contributed by atoms with van der Waals surface area (Å²) in [5.74, 6) is -1.33. The lowest BCUT2D eigenvalue weighted by atomic mass is 10.1. The molecule has 0 spiro atoms. The first-order valence-corrected chi connectivity index (χ1v) is 9.90. The molecule has 3 aromatic carbocycles. The summed E-state index contributed by atoms with van der Waals surface area (Å²) in [6, 6.07) is 15.7. The second kappa shape index (κ2) is 8.27. The van der Waals surface area contributed by atoms with Crippen molar-refractivity contribution in [3.05, 3.63) is 95.1 Å². The molecule has 0 saturated carbocycles. The van der Waals surface area contributed by atoms with Gasteiger partial charge in [0.15, 0.2) is 0 Å². The van der Waals surface area contributed by atoms with Crippen molar-refractivity contribution < 1.29 is 22.0 Å². The van der Waals surface area contributed by atoms with Gasteiger partial charge in [-0.15, -0.1) is 0 Å². The second-order valence-corrected chi connectivity index (χ2v) is 7.97. The van der Waals surface area contributed by atoms with Gasteiger partial charge in [0.2, 0.25) is 9.84 Å². The van der Waals surface area contributed by atoms with Crippen LogP contribution in [-0.4, -0.2) is 14.7 Å². The van der Waals surface area contributed by atoms with Gasteiger partial charge in [-0.25, -0.2) is 17.2 Å². The summed E-state index contributed by atoms with van der Waals surface area (Å²) in [5, 5.41) is 0. The molecule has 142 valence electrons. The highest BCUT2D eigenvalue weighted by Gasteiger charge is 2.20. The molecule has 0 unspecified atom stereocenters. The number of benzene rings is 3. The largest absolute Gasteiger partial charge is 0.303 e. The Kier molecular flexibility index (Phi) is 5.80. The molecule has 0 N–H and O–H groups in total. The molecule has 0 aliphatic heterocycles. The van der Waals surface area contributed by atoms with E-state index >= 15 is 0 Å². The fourth-order valence-electron chi connectivity index (χ4n) is 2.73. The molecular weight excluding hydrogens is 382 g/mol. The van der Waals surface area contributed by atoms with Crippen LogP contribution in [-0.2, 0) is 21.1 Å². The van der Waals surface area contributed by atoms with Crippen LogP contribution in [0.4, 0.5) is 8.78 Å². The molecular formula is C22H16F2O3S. The van der Waals surface area contributed by atoms with Crippen LogP contribution in [0.5, 0.6) is 0 Å². The molecule has 28 heavy (non-hydrogen) atoms. The maximum Gasteiger partial charge on any atom is 0.206 e. The molecule has 0 fully saturated rings. The first-order valence-electron chi connectivity index (χ1n) is 8.41. The van der Waals surface area contributed by atoms with Crippen molar-refractivity contribution in [3.8, 4) is 0 Å². The number of sulfone groups is 1. The Balaban J connectivity index is 1.88. The zero-order valence-corrected chi connectivity index (χ0v) is 15.5. The predicted molar refractivity (Wildman–Crippen MR) is 103 cm³/mol. The van der Waals surface area contributed by atoms with E-state index in [9.17, 15) is 22.0 Å². The topological polar surface area (TPSA) is 51.2 Å². The summed E-state index contributed by atoms with van der Waals surface area (Å²) < 4.78 is 52.4. The molecule has 0 bridgehead atoms. The SMILES string of the molecule is O=CCc1ccccc1S(=O)(=O)c1ccc(/C=C/c2ccc(F)cc2F)cc1. The highest BCUT2D eigenvalue weighted by atomic mass is 32.2. The molecule has 0 aromatic heterocycles. The lowest BCUT2D eigenvalue weighted by molar-refractivity contribution is -0.107. The summed E-state index contributed by atoms with van der Waals surface area (Å²) in [6.07, 6.45) is 3.76. The molecule has 0 atom stereocenters. The minimum Gasteiger partial charge on any atom is -0.303 e. The maximum absolute atomic E-state index is 13.7. The number of aldehydes is 1. The van der Waals surface area contributed by atoms with Gasteiger partial charge in [-0.05, 0) is 41.5 Å². The standard InChI is InChI=1S/C22H16F2O3S/c23-19-10-9-17(21(24)15-19)8-5-16-6-11-20(12-7-16)28(26,27)22-4-2-1-3-18(22)13-14-25/h1-12,14-15H,13H2/b8-5+. The van der Waals surface area contributed by atoms with E-state index in [2.05, 4.69) is 0 Å². The van der Waals surface area contributed by atoms with E-state index in [1.807, 2.05) is 0 Å². The first kappa shape index (κ1) is 19.6. The lowest BCUT2D eigenvalue weighted by Gasteiger charge is -2.09. The van der Waals surface area contributed by atoms with Crippen LogP contribution in [0.25, 0.3) is 12.2 Å². The van der Waals surface area contributed by atoms with Crippen LogP contribution >= 0.6 is 0 Å². The third kappa shape index (κ3) is 4.23. The molecule has 3 aromatic rings. The van der Waals surface area contributed by atoms with Crippen LogP contribution < -0.4 is 0 Å². The van der Waals surface area contributed by atoms with Gasteiger partial charge in [-0.2, -0.15) is 0 Å². The number of hydrogen-bond donors (Lipinski definition) is 0. The second-order valence-electron chi connectivity index (χ2n) is 6.05. The third-order valence-electron chi connectivity index (χ3n) is 4.17. The first-order chi connectivity index (χ1) is 13.4. The molecule has 0 heterocycles. The Hall–Kier alpha value is -3.12. The molecule has 0 radical (unpaired) electrons. The van der Waals surface area contributed by atoms with Crippen LogP contribution in [0.3, 0.4) is 0 Å². The Morgan fingerprint density at radius 1 is 0.857 bits per heavy atom. The molecule has 6 heteroatoms. The molecule has 3 rings (SSSR count). The number of hydrogen-bond acceptors (Lipinski definition) is 3. The Morgan fingerprint density at radius 3 is 2.25 bits per heavy atom. The number of halogens is 2. The van der Waals surface area contributed by atoms with Crippen LogP contribution in [0.2, 0.25) is 0 Å². The van der Waals surface area contributed by atoms with Crippen molar-refractivity contribution in [2.45, 2.75) is 16.2 Å². The van der Waals surface area contributed by atoms with Gasteiger partial charge >= 0.3 is 0 Å². The van der Waals surface area contributed by atoms with Crippen molar-refractivity contribution in [2.75, 3.05) is 0 Å².